The Balaban J connectivity index is 1.36. The maximum atomic E-state index is 12.7. The van der Waals surface area contributed by atoms with E-state index in [9.17, 15) is 27.6 Å². The van der Waals surface area contributed by atoms with E-state index in [0.29, 0.717) is 17.1 Å². The zero-order valence-corrected chi connectivity index (χ0v) is 23.0. The number of nitrogens with one attached hydrogen (secondary N) is 3. The summed E-state index contributed by atoms with van der Waals surface area (Å²) in [5, 5.41) is 8.01. The van der Waals surface area contributed by atoms with Crippen LogP contribution in [0, 0.1) is 6.92 Å². The smallest absolute Gasteiger partial charge is 0.406 e. The Hall–Kier alpha value is -4.52. The molecule has 0 aromatic heterocycles. The minimum absolute atomic E-state index is 0.159. The molecule has 0 radical (unpaired) electrons. The lowest BCUT2D eigenvalue weighted by atomic mass is 9.99. The number of thioether (sulfide) groups is 1. The summed E-state index contributed by atoms with van der Waals surface area (Å²) in [6.07, 6.45) is -4.81. The van der Waals surface area contributed by atoms with Crippen LogP contribution in [-0.2, 0) is 4.79 Å². The second-order valence-electron chi connectivity index (χ2n) is 9.29. The summed E-state index contributed by atoms with van der Waals surface area (Å²) in [4.78, 5) is 43.3. The molecule has 1 aliphatic rings. The van der Waals surface area contributed by atoms with Crippen LogP contribution in [0.5, 0.6) is 5.75 Å². The average molecular weight is 586 g/mol. The molecule has 0 atom stereocenters. The van der Waals surface area contributed by atoms with Crippen molar-refractivity contribution >= 4 is 57.6 Å². The number of alkyl halides is 3. The molecule has 1 aliphatic heterocycles. The summed E-state index contributed by atoms with van der Waals surface area (Å²) in [6, 6.07) is 15.5. The zero-order chi connectivity index (χ0) is 29.7. The number of hydrogen-bond acceptors (Lipinski definition) is 5. The number of hydrogen-bond donors (Lipinski definition) is 3. The Morgan fingerprint density at radius 1 is 0.927 bits per heavy atom. The van der Waals surface area contributed by atoms with E-state index in [1.807, 2.05) is 39.0 Å². The van der Waals surface area contributed by atoms with Crippen LogP contribution in [0.2, 0.25) is 0 Å². The predicted molar refractivity (Wildman–Crippen MR) is 154 cm³/mol. The summed E-state index contributed by atoms with van der Waals surface area (Å²) < 4.78 is 40.6. The van der Waals surface area contributed by atoms with Crippen LogP contribution in [0.1, 0.15) is 30.9 Å². The quantitative estimate of drug-likeness (QED) is 0.281. The highest BCUT2D eigenvalue weighted by Crippen LogP contribution is 2.34. The number of amides is 5. The van der Waals surface area contributed by atoms with E-state index in [2.05, 4.69) is 25.7 Å². The van der Waals surface area contributed by atoms with Gasteiger partial charge in [0.1, 0.15) is 5.75 Å². The molecule has 0 saturated carbocycles. The van der Waals surface area contributed by atoms with E-state index < -0.39 is 24.2 Å². The van der Waals surface area contributed by atoms with Gasteiger partial charge in [0, 0.05) is 17.1 Å². The second kappa shape index (κ2) is 12.3. The van der Waals surface area contributed by atoms with Gasteiger partial charge in [-0.1, -0.05) is 37.7 Å². The van der Waals surface area contributed by atoms with Gasteiger partial charge in [0.2, 0.25) is 5.91 Å². The van der Waals surface area contributed by atoms with E-state index >= 15 is 0 Å². The van der Waals surface area contributed by atoms with E-state index in [-0.39, 0.29) is 28.4 Å². The molecule has 0 unspecified atom stereocenters. The van der Waals surface area contributed by atoms with Crippen molar-refractivity contribution in [2.24, 2.45) is 4.99 Å². The van der Waals surface area contributed by atoms with E-state index in [4.69, 9.17) is 0 Å². The Morgan fingerprint density at radius 3 is 2.05 bits per heavy atom. The van der Waals surface area contributed by atoms with Crippen molar-refractivity contribution in [1.82, 2.24) is 0 Å². The van der Waals surface area contributed by atoms with Crippen molar-refractivity contribution in [2.75, 3.05) is 26.6 Å². The Labute approximate surface area is 238 Å². The summed E-state index contributed by atoms with van der Waals surface area (Å²) >= 11 is 1.19. The van der Waals surface area contributed by atoms with Gasteiger partial charge in [-0.05, 0) is 78.6 Å². The highest BCUT2D eigenvalue weighted by Gasteiger charge is 2.33. The largest absolute Gasteiger partial charge is 0.573 e. The first-order valence-corrected chi connectivity index (χ1v) is 13.4. The highest BCUT2D eigenvalue weighted by atomic mass is 32.2. The minimum Gasteiger partial charge on any atom is -0.406 e. The normalized spacial score (nSPS) is 14.4. The number of rotatable bonds is 6. The molecule has 214 valence electrons. The minimum atomic E-state index is -4.81. The fourth-order valence-electron chi connectivity index (χ4n) is 3.93. The van der Waals surface area contributed by atoms with Crippen molar-refractivity contribution in [2.45, 2.75) is 33.1 Å². The standard InChI is InChI=1S/C28H26F3N5O4S/c1-16(2)22-13-4-17(3)14-23(22)36-24(37)15-41-27(36)35-26(39)34-19-7-5-18(6-8-19)32-25(38)33-20-9-11-21(12-10-20)40-28(29,30)31/h4-14,16H,15H2,1-3H3,(H,34,39)(H2,32,33,38). The fraction of sp³-hybridized carbons (Fsp3) is 0.214. The lowest BCUT2D eigenvalue weighted by molar-refractivity contribution is -0.274. The molecule has 9 nitrogen and oxygen atoms in total. The van der Waals surface area contributed by atoms with Gasteiger partial charge < -0.3 is 20.7 Å². The van der Waals surface area contributed by atoms with Crippen LogP contribution < -0.4 is 25.6 Å². The van der Waals surface area contributed by atoms with Gasteiger partial charge >= 0.3 is 18.4 Å². The number of amidine groups is 1. The van der Waals surface area contributed by atoms with Crippen LogP contribution in [0.3, 0.4) is 0 Å². The zero-order valence-electron chi connectivity index (χ0n) is 22.2. The number of ether oxygens (including phenoxy) is 1. The Bertz CT molecular complexity index is 1480. The number of urea groups is 2. The van der Waals surface area contributed by atoms with Gasteiger partial charge in [-0.25, -0.2) is 9.59 Å². The molecule has 41 heavy (non-hydrogen) atoms. The number of nitrogens with zero attached hydrogens (tertiary/aromatic N) is 2. The number of halogens is 3. The van der Waals surface area contributed by atoms with Gasteiger partial charge in [0.05, 0.1) is 11.4 Å². The maximum Gasteiger partial charge on any atom is 0.573 e. The SMILES string of the molecule is Cc1ccc(C(C)C)c(N2C(=O)CSC2=NC(=O)Nc2ccc(NC(=O)Nc3ccc(OC(F)(F)F)cc3)cc2)c1. The topological polar surface area (TPSA) is 112 Å². The van der Waals surface area contributed by atoms with Crippen LogP contribution in [0.4, 0.5) is 45.5 Å². The van der Waals surface area contributed by atoms with Crippen LogP contribution in [-0.4, -0.2) is 35.3 Å². The van der Waals surface area contributed by atoms with Crippen molar-refractivity contribution in [3.8, 4) is 5.75 Å². The molecule has 0 bridgehead atoms. The number of carbonyl (C=O) groups excluding carboxylic acids is 3. The highest BCUT2D eigenvalue weighted by molar-refractivity contribution is 8.15. The lowest BCUT2D eigenvalue weighted by Crippen LogP contribution is -2.31. The molecular formula is C28H26F3N5O4S. The van der Waals surface area contributed by atoms with Gasteiger partial charge in [-0.15, -0.1) is 13.2 Å². The van der Waals surface area contributed by atoms with Gasteiger partial charge in [-0.2, -0.15) is 4.99 Å². The Kier molecular flexibility index (Phi) is 8.86. The number of aliphatic imine (C=N–C) groups is 1. The molecule has 3 aromatic rings. The monoisotopic (exact) mass is 585 g/mol. The first kappa shape index (κ1) is 29.5. The predicted octanol–water partition coefficient (Wildman–Crippen LogP) is 7.33. The molecule has 0 spiro atoms. The summed E-state index contributed by atoms with van der Waals surface area (Å²) in [7, 11) is 0. The number of anilines is 4. The van der Waals surface area contributed by atoms with Crippen LogP contribution >= 0.6 is 11.8 Å². The van der Waals surface area contributed by atoms with E-state index in [0.717, 1.165) is 23.3 Å². The molecule has 1 saturated heterocycles. The fourth-order valence-corrected chi connectivity index (χ4v) is 4.78. The molecule has 0 aliphatic carbocycles. The second-order valence-corrected chi connectivity index (χ2v) is 10.2. The van der Waals surface area contributed by atoms with Gasteiger partial charge in [0.15, 0.2) is 5.17 Å². The molecular weight excluding hydrogens is 559 g/mol. The number of benzene rings is 3. The van der Waals surface area contributed by atoms with Crippen LogP contribution in [0.15, 0.2) is 71.7 Å². The third-order valence-electron chi connectivity index (χ3n) is 5.75. The van der Waals surface area contributed by atoms with Crippen molar-refractivity contribution in [3.05, 3.63) is 77.9 Å². The molecule has 1 heterocycles. The molecule has 13 heteroatoms. The first-order chi connectivity index (χ1) is 19.4. The summed E-state index contributed by atoms with van der Waals surface area (Å²) in [5.74, 6) is -0.238. The molecule has 3 N–H and O–H groups in total. The summed E-state index contributed by atoms with van der Waals surface area (Å²) in [6.45, 7) is 5.99. The van der Waals surface area contributed by atoms with Gasteiger partial charge in [0.25, 0.3) is 0 Å². The van der Waals surface area contributed by atoms with Crippen molar-refractivity contribution < 1.29 is 32.3 Å². The summed E-state index contributed by atoms with van der Waals surface area (Å²) in [5.41, 5.74) is 3.72. The first-order valence-electron chi connectivity index (χ1n) is 12.4. The van der Waals surface area contributed by atoms with Crippen molar-refractivity contribution in [1.29, 1.82) is 0 Å². The van der Waals surface area contributed by atoms with E-state index in [1.165, 1.54) is 28.8 Å². The average Bonchev–Trinajstić information content (AvgIpc) is 3.24. The maximum absolute atomic E-state index is 12.7. The van der Waals surface area contributed by atoms with Crippen molar-refractivity contribution in [3.63, 3.8) is 0 Å². The lowest BCUT2D eigenvalue weighted by Gasteiger charge is -2.22. The van der Waals surface area contributed by atoms with E-state index in [1.54, 1.807) is 24.3 Å². The Morgan fingerprint density at radius 2 is 1.49 bits per heavy atom. The van der Waals surface area contributed by atoms with Crippen LogP contribution in [0.25, 0.3) is 0 Å². The molecule has 4 rings (SSSR count). The number of aryl methyl sites for hydroxylation is 1. The number of carbonyl (C=O) groups is 3. The third kappa shape index (κ3) is 8.01. The molecule has 1 fully saturated rings. The molecule has 5 amide bonds. The van der Waals surface area contributed by atoms with Gasteiger partial charge in [-0.3, -0.25) is 9.69 Å². The third-order valence-corrected chi connectivity index (χ3v) is 6.67. The molecule has 3 aromatic carbocycles.